The minimum absolute atomic E-state index is 0.0151. The third-order valence-corrected chi connectivity index (χ3v) is 7.68. The third kappa shape index (κ3) is 3.94. The van der Waals surface area contributed by atoms with Gasteiger partial charge in [-0.1, -0.05) is 32.9 Å². The molecular formula is C23H35N3O3. The molecule has 1 aromatic carbocycles. The maximum atomic E-state index is 12.9. The molecule has 0 bridgehead atoms. The van der Waals surface area contributed by atoms with Crippen molar-refractivity contribution in [1.82, 2.24) is 9.80 Å². The van der Waals surface area contributed by atoms with Crippen molar-refractivity contribution in [1.29, 1.82) is 0 Å². The van der Waals surface area contributed by atoms with Gasteiger partial charge >= 0.3 is 6.03 Å². The molecule has 0 unspecified atom stereocenters. The number of aromatic hydroxyl groups is 1. The van der Waals surface area contributed by atoms with Crippen LogP contribution in [0, 0.1) is 11.3 Å². The van der Waals surface area contributed by atoms with E-state index in [1.807, 2.05) is 18.0 Å². The molecule has 3 amide bonds. The normalized spacial score (nSPS) is 24.1. The van der Waals surface area contributed by atoms with E-state index in [0.29, 0.717) is 38.2 Å². The van der Waals surface area contributed by atoms with Crippen molar-refractivity contribution in [3.8, 4) is 5.75 Å². The summed E-state index contributed by atoms with van der Waals surface area (Å²) in [6.45, 7) is 8.64. The zero-order valence-corrected chi connectivity index (χ0v) is 18.2. The predicted octanol–water partition coefficient (Wildman–Crippen LogP) is 3.26. The molecule has 1 aromatic rings. The predicted molar refractivity (Wildman–Crippen MR) is 114 cm³/mol. The van der Waals surface area contributed by atoms with E-state index in [2.05, 4.69) is 26.8 Å². The van der Waals surface area contributed by atoms with Gasteiger partial charge in [-0.05, 0) is 60.1 Å². The topological polar surface area (TPSA) is 86.9 Å². The van der Waals surface area contributed by atoms with Gasteiger partial charge in [0.2, 0.25) is 5.91 Å². The second-order valence-electron chi connectivity index (χ2n) is 9.64. The Hall–Kier alpha value is -2.24. The zero-order valence-electron chi connectivity index (χ0n) is 18.2. The Kier molecular flexibility index (Phi) is 5.84. The molecule has 1 heterocycles. The van der Waals surface area contributed by atoms with Crippen LogP contribution in [0.5, 0.6) is 5.75 Å². The van der Waals surface area contributed by atoms with E-state index < -0.39 is 0 Å². The smallest absolute Gasteiger partial charge is 0.319 e. The molecule has 0 saturated carbocycles. The number of primary amides is 1. The zero-order chi connectivity index (χ0) is 21.4. The number of amides is 3. The Morgan fingerprint density at radius 1 is 1.24 bits per heavy atom. The molecule has 0 spiro atoms. The van der Waals surface area contributed by atoms with E-state index in [-0.39, 0.29) is 28.7 Å². The summed E-state index contributed by atoms with van der Waals surface area (Å²) < 4.78 is 0. The van der Waals surface area contributed by atoms with Crippen molar-refractivity contribution >= 4 is 11.9 Å². The SMILES string of the molecule is CN(CC[C@@]1(C)c2cccc(O)c2CCC1(C)C)C(=O)N1CCC(C(N)=O)CC1. The Morgan fingerprint density at radius 2 is 1.90 bits per heavy atom. The molecule has 0 radical (unpaired) electrons. The summed E-state index contributed by atoms with van der Waals surface area (Å²) in [7, 11) is 1.85. The molecule has 2 aliphatic rings. The number of phenols is 1. The summed E-state index contributed by atoms with van der Waals surface area (Å²) in [5.41, 5.74) is 7.59. The molecule has 1 aliphatic heterocycles. The van der Waals surface area contributed by atoms with Crippen molar-refractivity contribution in [3.05, 3.63) is 29.3 Å². The van der Waals surface area contributed by atoms with Crippen molar-refractivity contribution in [2.75, 3.05) is 26.7 Å². The first-order valence-corrected chi connectivity index (χ1v) is 10.7. The average Bonchev–Trinajstić information content (AvgIpc) is 2.69. The van der Waals surface area contributed by atoms with E-state index >= 15 is 0 Å². The highest BCUT2D eigenvalue weighted by Gasteiger charge is 2.46. The largest absolute Gasteiger partial charge is 0.508 e. The quantitative estimate of drug-likeness (QED) is 0.812. The lowest BCUT2D eigenvalue weighted by molar-refractivity contribution is -0.123. The molecule has 0 aromatic heterocycles. The van der Waals surface area contributed by atoms with Crippen LogP contribution in [0.25, 0.3) is 0 Å². The number of benzene rings is 1. The molecule has 160 valence electrons. The van der Waals surface area contributed by atoms with Gasteiger partial charge in [-0.15, -0.1) is 0 Å². The number of piperidine rings is 1. The molecule has 29 heavy (non-hydrogen) atoms. The van der Waals surface area contributed by atoms with Crippen molar-refractivity contribution in [3.63, 3.8) is 0 Å². The molecule has 1 saturated heterocycles. The summed E-state index contributed by atoms with van der Waals surface area (Å²) in [6, 6.07) is 5.84. The highest BCUT2D eigenvalue weighted by atomic mass is 16.3. The highest BCUT2D eigenvalue weighted by molar-refractivity contribution is 5.78. The van der Waals surface area contributed by atoms with Gasteiger partial charge in [0.1, 0.15) is 5.75 Å². The van der Waals surface area contributed by atoms with Gasteiger partial charge in [-0.2, -0.15) is 0 Å². The number of urea groups is 1. The Labute approximate surface area is 174 Å². The van der Waals surface area contributed by atoms with Crippen LogP contribution < -0.4 is 5.73 Å². The molecule has 1 atom stereocenters. The van der Waals surface area contributed by atoms with Crippen molar-refractivity contribution < 1.29 is 14.7 Å². The van der Waals surface area contributed by atoms with Gasteiger partial charge in [0.25, 0.3) is 0 Å². The Morgan fingerprint density at radius 3 is 2.52 bits per heavy atom. The van der Waals surface area contributed by atoms with Crippen LogP contribution in [0.1, 0.15) is 57.6 Å². The molecule has 1 aliphatic carbocycles. The van der Waals surface area contributed by atoms with E-state index in [9.17, 15) is 14.7 Å². The highest BCUT2D eigenvalue weighted by Crippen LogP contribution is 2.53. The van der Waals surface area contributed by atoms with Crippen LogP contribution in [0.2, 0.25) is 0 Å². The van der Waals surface area contributed by atoms with Gasteiger partial charge in [0.05, 0.1) is 0 Å². The van der Waals surface area contributed by atoms with Crippen LogP contribution in [-0.2, 0) is 16.6 Å². The number of phenolic OH excluding ortho intramolecular Hbond substituents is 1. The minimum atomic E-state index is -0.264. The lowest BCUT2D eigenvalue weighted by atomic mass is 9.55. The van der Waals surface area contributed by atoms with Gasteiger partial charge in [0.15, 0.2) is 0 Å². The molecule has 6 nitrogen and oxygen atoms in total. The second kappa shape index (κ2) is 7.88. The summed E-state index contributed by atoms with van der Waals surface area (Å²) >= 11 is 0. The number of carbonyl (C=O) groups is 2. The maximum absolute atomic E-state index is 12.9. The van der Waals surface area contributed by atoms with Crippen LogP contribution in [0.15, 0.2) is 18.2 Å². The lowest BCUT2D eigenvalue weighted by Gasteiger charge is -2.50. The summed E-state index contributed by atoms with van der Waals surface area (Å²) in [5, 5.41) is 10.4. The monoisotopic (exact) mass is 401 g/mol. The first-order valence-electron chi connectivity index (χ1n) is 10.7. The van der Waals surface area contributed by atoms with E-state index in [0.717, 1.165) is 24.8 Å². The van der Waals surface area contributed by atoms with Crippen LogP contribution >= 0.6 is 0 Å². The fourth-order valence-electron chi connectivity index (χ4n) is 4.99. The van der Waals surface area contributed by atoms with Crippen molar-refractivity contribution in [2.45, 2.75) is 58.3 Å². The number of rotatable bonds is 4. The molecule has 3 rings (SSSR count). The fourth-order valence-corrected chi connectivity index (χ4v) is 4.99. The number of carbonyl (C=O) groups excluding carboxylic acids is 2. The van der Waals surface area contributed by atoms with Crippen molar-refractivity contribution in [2.24, 2.45) is 17.1 Å². The molecule has 3 N–H and O–H groups in total. The standard InChI is InChI=1S/C23H35N3O3/c1-22(2)11-8-17-18(6-5-7-19(17)27)23(22,3)12-15-25(4)21(29)26-13-9-16(10-14-26)20(24)28/h5-7,16,27H,8-15H2,1-4H3,(H2,24,28)/t23-/m0/s1. The number of hydrogen-bond donors (Lipinski definition) is 2. The number of fused-ring (bicyclic) bond motifs is 1. The van der Waals surface area contributed by atoms with Crippen LogP contribution in [0.4, 0.5) is 4.79 Å². The summed E-state index contributed by atoms with van der Waals surface area (Å²) in [5.74, 6) is 0.00119. The number of nitrogens with two attached hydrogens (primary N) is 1. The number of hydrogen-bond acceptors (Lipinski definition) is 3. The van der Waals surface area contributed by atoms with Gasteiger partial charge in [-0.3, -0.25) is 4.79 Å². The van der Waals surface area contributed by atoms with Gasteiger partial charge < -0.3 is 20.6 Å². The summed E-state index contributed by atoms with van der Waals surface area (Å²) in [6.07, 6.45) is 4.01. The van der Waals surface area contributed by atoms with Gasteiger partial charge in [-0.25, -0.2) is 4.79 Å². The number of likely N-dealkylation sites (tertiary alicyclic amines) is 1. The minimum Gasteiger partial charge on any atom is -0.508 e. The Balaban J connectivity index is 1.69. The lowest BCUT2D eigenvalue weighted by Crippen LogP contribution is -2.49. The maximum Gasteiger partial charge on any atom is 0.319 e. The van der Waals surface area contributed by atoms with Crippen LogP contribution in [-0.4, -0.2) is 53.5 Å². The molecular weight excluding hydrogens is 366 g/mol. The van der Waals surface area contributed by atoms with E-state index in [1.165, 1.54) is 5.56 Å². The second-order valence-corrected chi connectivity index (χ2v) is 9.64. The molecule has 6 heteroatoms. The van der Waals surface area contributed by atoms with E-state index in [1.54, 1.807) is 11.0 Å². The number of nitrogens with zero attached hydrogens (tertiary/aromatic N) is 2. The average molecular weight is 402 g/mol. The van der Waals surface area contributed by atoms with E-state index in [4.69, 9.17) is 5.73 Å². The van der Waals surface area contributed by atoms with Gasteiger partial charge in [0, 0.05) is 32.6 Å². The third-order valence-electron chi connectivity index (χ3n) is 7.68. The first-order chi connectivity index (χ1) is 13.6. The Bertz CT molecular complexity index is 784. The van der Waals surface area contributed by atoms with Crippen LogP contribution in [0.3, 0.4) is 0 Å². The summed E-state index contributed by atoms with van der Waals surface area (Å²) in [4.78, 5) is 27.9. The molecule has 1 fully saturated rings. The first kappa shape index (κ1) is 21.5. The fraction of sp³-hybridized carbons (Fsp3) is 0.652.